The third-order valence-electron chi connectivity index (χ3n) is 3.69. The van der Waals surface area contributed by atoms with Crippen molar-refractivity contribution in [1.29, 1.82) is 0 Å². The van der Waals surface area contributed by atoms with Crippen LogP contribution in [0.25, 0.3) is 0 Å². The van der Waals surface area contributed by atoms with Gasteiger partial charge in [-0.2, -0.15) is 0 Å². The number of ether oxygens (including phenoxy) is 2. The lowest BCUT2D eigenvalue weighted by atomic mass is 10.1. The van der Waals surface area contributed by atoms with Crippen LogP contribution < -0.4 is 10.1 Å². The second-order valence-corrected chi connectivity index (χ2v) is 5.57. The lowest BCUT2D eigenvalue weighted by Gasteiger charge is -2.18. The number of rotatable bonds is 7. The first kappa shape index (κ1) is 18.5. The largest absolute Gasteiger partial charge is 0.481 e. The fourth-order valence-corrected chi connectivity index (χ4v) is 2.30. The molecule has 1 unspecified atom stereocenters. The number of para-hydroxylation sites is 1. The van der Waals surface area contributed by atoms with E-state index < -0.39 is 12.1 Å². The van der Waals surface area contributed by atoms with Crippen molar-refractivity contribution in [3.8, 4) is 5.75 Å². The van der Waals surface area contributed by atoms with Crippen molar-refractivity contribution >= 4 is 17.6 Å². The summed E-state index contributed by atoms with van der Waals surface area (Å²) in [4.78, 5) is 24.4. The van der Waals surface area contributed by atoms with E-state index >= 15 is 0 Å². The number of aryl methyl sites for hydroxylation is 1. The van der Waals surface area contributed by atoms with E-state index in [4.69, 9.17) is 9.47 Å². The molecule has 0 saturated carbocycles. The van der Waals surface area contributed by atoms with Crippen molar-refractivity contribution in [2.45, 2.75) is 33.3 Å². The number of hydrogen-bond acceptors (Lipinski definition) is 4. The minimum Gasteiger partial charge on any atom is -0.481 e. The molecule has 0 aromatic heterocycles. The number of carbonyl (C=O) groups is 2. The molecule has 1 amide bonds. The maximum Gasteiger partial charge on any atom is 0.338 e. The van der Waals surface area contributed by atoms with Gasteiger partial charge in [0, 0.05) is 5.69 Å². The van der Waals surface area contributed by atoms with Crippen LogP contribution in [-0.2, 0) is 9.53 Å². The second-order valence-electron chi connectivity index (χ2n) is 5.57. The normalized spacial score (nSPS) is 11.5. The predicted octanol–water partition coefficient (Wildman–Crippen LogP) is 3.97. The molecule has 0 bridgehead atoms. The Hall–Kier alpha value is -2.82. The van der Waals surface area contributed by atoms with Gasteiger partial charge in [-0.15, -0.1) is 0 Å². The van der Waals surface area contributed by atoms with Crippen LogP contribution in [0.3, 0.4) is 0 Å². The van der Waals surface area contributed by atoms with Crippen LogP contribution >= 0.6 is 0 Å². The number of hydrogen-bond donors (Lipinski definition) is 1. The van der Waals surface area contributed by atoms with Gasteiger partial charge in [-0.25, -0.2) is 4.79 Å². The highest BCUT2D eigenvalue weighted by atomic mass is 16.5. The van der Waals surface area contributed by atoms with Gasteiger partial charge in [-0.1, -0.05) is 31.2 Å². The van der Waals surface area contributed by atoms with Crippen LogP contribution in [0.1, 0.15) is 36.2 Å². The molecular weight excluding hydrogens is 318 g/mol. The third-order valence-corrected chi connectivity index (χ3v) is 3.69. The maximum atomic E-state index is 12.6. The number of amides is 1. The summed E-state index contributed by atoms with van der Waals surface area (Å²) in [6, 6.07) is 14.3. The topological polar surface area (TPSA) is 64.6 Å². The van der Waals surface area contributed by atoms with Gasteiger partial charge in [-0.05, 0) is 50.1 Å². The molecule has 0 aliphatic heterocycles. The summed E-state index contributed by atoms with van der Waals surface area (Å²) >= 11 is 0. The van der Waals surface area contributed by atoms with Crippen molar-refractivity contribution in [3.63, 3.8) is 0 Å². The van der Waals surface area contributed by atoms with E-state index in [1.54, 1.807) is 25.1 Å². The molecular formula is C20H23NO4. The van der Waals surface area contributed by atoms with Crippen molar-refractivity contribution in [3.05, 3.63) is 59.7 Å². The Morgan fingerprint density at radius 3 is 2.44 bits per heavy atom. The van der Waals surface area contributed by atoms with Gasteiger partial charge >= 0.3 is 5.97 Å². The number of nitrogens with one attached hydrogen (secondary N) is 1. The summed E-state index contributed by atoms with van der Waals surface area (Å²) < 4.78 is 10.7. The summed E-state index contributed by atoms with van der Waals surface area (Å²) in [6.45, 7) is 5.80. The Morgan fingerprint density at radius 2 is 1.80 bits per heavy atom. The highest BCUT2D eigenvalue weighted by Crippen LogP contribution is 2.19. The summed E-state index contributed by atoms with van der Waals surface area (Å²) in [6.07, 6.45) is -0.0924. The molecule has 0 radical (unpaired) electrons. The molecule has 132 valence electrons. The smallest absolute Gasteiger partial charge is 0.338 e. The Labute approximate surface area is 148 Å². The number of esters is 1. The van der Waals surface area contributed by atoms with Gasteiger partial charge < -0.3 is 14.8 Å². The maximum absolute atomic E-state index is 12.6. The van der Waals surface area contributed by atoms with Gasteiger partial charge in [0.1, 0.15) is 5.75 Å². The van der Waals surface area contributed by atoms with E-state index in [-0.39, 0.29) is 5.91 Å². The van der Waals surface area contributed by atoms with Crippen molar-refractivity contribution in [2.24, 2.45) is 0 Å². The first-order chi connectivity index (χ1) is 12.0. The predicted molar refractivity (Wildman–Crippen MR) is 96.9 cm³/mol. The van der Waals surface area contributed by atoms with Crippen LogP contribution in [0.2, 0.25) is 0 Å². The average molecular weight is 341 g/mol. The molecule has 0 heterocycles. The zero-order valence-electron chi connectivity index (χ0n) is 14.7. The van der Waals surface area contributed by atoms with Crippen molar-refractivity contribution in [2.75, 3.05) is 11.9 Å². The molecule has 1 atom stereocenters. The van der Waals surface area contributed by atoms with E-state index in [2.05, 4.69) is 5.32 Å². The lowest BCUT2D eigenvalue weighted by molar-refractivity contribution is -0.122. The van der Waals surface area contributed by atoms with Crippen molar-refractivity contribution < 1.29 is 19.1 Å². The fraction of sp³-hybridized carbons (Fsp3) is 0.300. The number of benzene rings is 2. The summed E-state index contributed by atoms with van der Waals surface area (Å²) in [7, 11) is 0. The van der Waals surface area contributed by atoms with E-state index in [9.17, 15) is 9.59 Å². The quantitative estimate of drug-likeness (QED) is 0.774. The minimum atomic E-state index is -0.618. The summed E-state index contributed by atoms with van der Waals surface area (Å²) in [5.41, 5.74) is 1.83. The summed E-state index contributed by atoms with van der Waals surface area (Å²) in [5, 5.41) is 2.85. The zero-order valence-corrected chi connectivity index (χ0v) is 14.7. The Bertz CT molecular complexity index is 728. The highest BCUT2D eigenvalue weighted by molar-refractivity contribution is 5.97. The van der Waals surface area contributed by atoms with Gasteiger partial charge in [0.15, 0.2) is 6.10 Å². The van der Waals surface area contributed by atoms with Crippen LogP contribution in [0, 0.1) is 6.92 Å². The SMILES string of the molecule is CCOC(=O)c1ccc(C)c(NC(=O)C(CC)Oc2ccccc2)c1. The molecule has 0 aliphatic rings. The standard InChI is InChI=1S/C20H23NO4/c1-4-18(25-16-9-7-6-8-10-16)19(22)21-17-13-15(12-11-14(17)3)20(23)24-5-2/h6-13,18H,4-5H2,1-3H3,(H,21,22). The lowest BCUT2D eigenvalue weighted by Crippen LogP contribution is -2.32. The van der Waals surface area contributed by atoms with Gasteiger partial charge in [0.2, 0.25) is 0 Å². The van der Waals surface area contributed by atoms with Crippen molar-refractivity contribution in [1.82, 2.24) is 0 Å². The van der Waals surface area contributed by atoms with E-state index in [0.29, 0.717) is 30.0 Å². The van der Waals surface area contributed by atoms with Crippen LogP contribution in [0.15, 0.2) is 48.5 Å². The van der Waals surface area contributed by atoms with Gasteiger partial charge in [0.05, 0.1) is 12.2 Å². The Morgan fingerprint density at radius 1 is 1.08 bits per heavy atom. The molecule has 2 aromatic carbocycles. The van der Waals surface area contributed by atoms with Gasteiger partial charge in [-0.3, -0.25) is 4.79 Å². The third kappa shape index (κ3) is 5.08. The molecule has 5 heteroatoms. The Kier molecular flexibility index (Phi) is 6.57. The van der Waals surface area contributed by atoms with Crippen LogP contribution in [0.4, 0.5) is 5.69 Å². The number of carbonyl (C=O) groups excluding carboxylic acids is 2. The first-order valence-electron chi connectivity index (χ1n) is 8.35. The Balaban J connectivity index is 2.12. The molecule has 2 aromatic rings. The molecule has 25 heavy (non-hydrogen) atoms. The monoisotopic (exact) mass is 341 g/mol. The minimum absolute atomic E-state index is 0.254. The fourth-order valence-electron chi connectivity index (χ4n) is 2.30. The number of anilines is 1. The first-order valence-corrected chi connectivity index (χ1v) is 8.35. The average Bonchev–Trinajstić information content (AvgIpc) is 2.62. The van der Waals surface area contributed by atoms with E-state index in [1.807, 2.05) is 44.2 Å². The highest BCUT2D eigenvalue weighted by Gasteiger charge is 2.20. The molecule has 5 nitrogen and oxygen atoms in total. The summed E-state index contributed by atoms with van der Waals surface area (Å²) in [5.74, 6) is -0.0254. The van der Waals surface area contributed by atoms with Crippen LogP contribution in [0.5, 0.6) is 5.75 Å². The molecule has 0 fully saturated rings. The molecule has 0 saturated heterocycles. The molecule has 0 spiro atoms. The molecule has 2 rings (SSSR count). The van der Waals surface area contributed by atoms with Crippen LogP contribution in [-0.4, -0.2) is 24.6 Å². The van der Waals surface area contributed by atoms with E-state index in [1.165, 1.54) is 0 Å². The zero-order chi connectivity index (χ0) is 18.2. The molecule has 1 N–H and O–H groups in total. The second kappa shape index (κ2) is 8.87. The van der Waals surface area contributed by atoms with E-state index in [0.717, 1.165) is 5.56 Å². The van der Waals surface area contributed by atoms with Gasteiger partial charge in [0.25, 0.3) is 5.91 Å². The molecule has 0 aliphatic carbocycles.